The molecule has 1 aromatic rings. The van der Waals surface area contributed by atoms with Gasteiger partial charge in [-0.1, -0.05) is 47.6 Å². The number of carbonyl (C=O) groups is 2. The van der Waals surface area contributed by atoms with E-state index in [2.05, 4.69) is 20.4 Å². The molecule has 3 atom stereocenters. The van der Waals surface area contributed by atoms with E-state index in [0.29, 0.717) is 29.4 Å². The quantitative estimate of drug-likeness (QED) is 0.339. The third-order valence-electron chi connectivity index (χ3n) is 5.64. The van der Waals surface area contributed by atoms with Crippen molar-refractivity contribution in [2.24, 2.45) is 0 Å². The number of fused-ring (bicyclic) bond motifs is 2. The van der Waals surface area contributed by atoms with Gasteiger partial charge in [0.25, 0.3) is 5.91 Å². The number of amides is 2. The number of methoxy groups -OCH3 is 1. The Labute approximate surface area is 207 Å². The fourth-order valence-electron chi connectivity index (χ4n) is 4.05. The standard InChI is InChI=1S/C23H32N2O7S2/c1-13(2)33-34-17(11-31-4)12-32-23(30)25-19-7-16(10-27)15(9-26)6-18(19)21(28)24-8-14(3)5-20(24)22(25)29/h6-7,13,17,20,22,26-27,29H,3,5,8-12H2,1-2,4H3/t17?,20-,22?/m0/s1. The second-order valence-corrected chi connectivity index (χ2v) is 11.7. The van der Waals surface area contributed by atoms with E-state index in [1.165, 1.54) is 17.0 Å². The smallest absolute Gasteiger partial charge is 0.416 e. The van der Waals surface area contributed by atoms with E-state index in [1.807, 2.05) is 0 Å². The Morgan fingerprint density at radius 1 is 1.21 bits per heavy atom. The highest BCUT2D eigenvalue weighted by Crippen LogP contribution is 2.38. The Hall–Kier alpha value is -1.76. The molecule has 34 heavy (non-hydrogen) atoms. The number of rotatable bonds is 9. The minimum atomic E-state index is -1.37. The van der Waals surface area contributed by atoms with Gasteiger partial charge in [-0.25, -0.2) is 9.69 Å². The SMILES string of the molecule is C=C1C[C@H]2C(O)N(C(=O)OCC(COC)SSC(C)C)c3cc(CO)c(CO)cc3C(=O)N2C1. The molecular weight excluding hydrogens is 480 g/mol. The molecule has 0 bridgehead atoms. The zero-order valence-electron chi connectivity index (χ0n) is 19.6. The molecule has 2 amide bonds. The van der Waals surface area contributed by atoms with Gasteiger partial charge in [0, 0.05) is 18.9 Å². The van der Waals surface area contributed by atoms with Gasteiger partial charge in [0.1, 0.15) is 6.61 Å². The van der Waals surface area contributed by atoms with Gasteiger partial charge in [0.05, 0.1) is 42.4 Å². The first kappa shape index (κ1) is 26.8. The lowest BCUT2D eigenvalue weighted by Gasteiger charge is -2.32. The average Bonchev–Trinajstić information content (AvgIpc) is 3.18. The summed E-state index contributed by atoms with van der Waals surface area (Å²) in [6.45, 7) is 7.97. The zero-order chi connectivity index (χ0) is 25.0. The summed E-state index contributed by atoms with van der Waals surface area (Å²) in [4.78, 5) is 29.3. The Morgan fingerprint density at radius 2 is 1.88 bits per heavy atom. The Balaban J connectivity index is 1.95. The summed E-state index contributed by atoms with van der Waals surface area (Å²) in [6.07, 6.45) is -1.84. The van der Waals surface area contributed by atoms with Gasteiger partial charge in [-0.3, -0.25) is 4.79 Å². The van der Waals surface area contributed by atoms with Crippen molar-refractivity contribution in [2.75, 3.05) is 31.8 Å². The fraction of sp³-hybridized carbons (Fsp3) is 0.565. The van der Waals surface area contributed by atoms with Crippen molar-refractivity contribution >= 4 is 39.3 Å². The summed E-state index contributed by atoms with van der Waals surface area (Å²) < 4.78 is 10.8. The van der Waals surface area contributed by atoms with Crippen molar-refractivity contribution in [3.05, 3.63) is 41.0 Å². The van der Waals surface area contributed by atoms with Gasteiger partial charge >= 0.3 is 6.09 Å². The van der Waals surface area contributed by atoms with Crippen molar-refractivity contribution in [1.82, 2.24) is 4.90 Å². The lowest BCUT2D eigenvalue weighted by molar-refractivity contribution is 0.0486. The van der Waals surface area contributed by atoms with E-state index < -0.39 is 25.0 Å². The van der Waals surface area contributed by atoms with E-state index in [4.69, 9.17) is 9.47 Å². The number of nitrogens with zero attached hydrogens (tertiary/aromatic N) is 2. The van der Waals surface area contributed by atoms with Crippen LogP contribution < -0.4 is 4.90 Å². The number of benzene rings is 1. The highest BCUT2D eigenvalue weighted by molar-refractivity contribution is 8.77. The number of carbonyl (C=O) groups excluding carboxylic acids is 2. The summed E-state index contributed by atoms with van der Waals surface area (Å²) in [5.74, 6) is -0.381. The molecule has 2 heterocycles. The van der Waals surface area contributed by atoms with Crippen LogP contribution in [0.25, 0.3) is 0 Å². The number of aliphatic hydroxyl groups is 3. The van der Waals surface area contributed by atoms with Crippen molar-refractivity contribution in [3.63, 3.8) is 0 Å². The highest BCUT2D eigenvalue weighted by atomic mass is 33.1. The number of anilines is 1. The normalized spacial score (nSPS) is 20.9. The summed E-state index contributed by atoms with van der Waals surface area (Å²) >= 11 is 0. The van der Waals surface area contributed by atoms with E-state index in [0.717, 1.165) is 10.5 Å². The molecule has 188 valence electrons. The van der Waals surface area contributed by atoms with Gasteiger partial charge in [-0.2, -0.15) is 0 Å². The molecule has 1 fully saturated rings. The number of hydrogen-bond donors (Lipinski definition) is 3. The van der Waals surface area contributed by atoms with Gasteiger partial charge in [-0.05, 0) is 29.7 Å². The van der Waals surface area contributed by atoms with Crippen LogP contribution >= 0.6 is 21.6 Å². The number of hydrogen-bond acceptors (Lipinski definition) is 9. The number of aliphatic hydroxyl groups excluding tert-OH is 3. The molecule has 3 N–H and O–H groups in total. The molecule has 1 aromatic carbocycles. The molecule has 0 spiro atoms. The molecule has 2 aliphatic heterocycles. The average molecular weight is 513 g/mol. The van der Waals surface area contributed by atoms with Crippen molar-refractivity contribution < 1.29 is 34.4 Å². The molecule has 3 rings (SSSR count). The predicted octanol–water partition coefficient (Wildman–Crippen LogP) is 2.52. The summed E-state index contributed by atoms with van der Waals surface area (Å²) in [7, 11) is 4.79. The molecule has 2 aliphatic rings. The second kappa shape index (κ2) is 11.8. The van der Waals surface area contributed by atoms with E-state index in [-0.39, 0.29) is 42.2 Å². The molecule has 0 radical (unpaired) electrons. The lowest BCUT2D eigenvalue weighted by atomic mass is 10.0. The first-order valence-corrected chi connectivity index (χ1v) is 13.3. The minimum absolute atomic E-state index is 0.0478. The van der Waals surface area contributed by atoms with Crippen LogP contribution in [0, 0.1) is 0 Å². The van der Waals surface area contributed by atoms with E-state index in [1.54, 1.807) is 28.7 Å². The summed E-state index contributed by atoms with van der Waals surface area (Å²) in [5.41, 5.74) is 1.78. The molecule has 11 heteroatoms. The maximum atomic E-state index is 13.4. The van der Waals surface area contributed by atoms with Crippen LogP contribution in [0.2, 0.25) is 0 Å². The Bertz CT molecular complexity index is 927. The van der Waals surface area contributed by atoms with Gasteiger partial charge in [0.15, 0.2) is 6.23 Å². The molecule has 2 unspecified atom stereocenters. The lowest BCUT2D eigenvalue weighted by Crippen LogP contribution is -2.51. The maximum Gasteiger partial charge on any atom is 0.416 e. The molecule has 1 saturated heterocycles. The van der Waals surface area contributed by atoms with Crippen LogP contribution in [0.1, 0.15) is 41.8 Å². The van der Waals surface area contributed by atoms with Crippen LogP contribution in [0.4, 0.5) is 10.5 Å². The number of ether oxygens (including phenoxy) is 2. The molecular formula is C23H32N2O7S2. The fourth-order valence-corrected chi connectivity index (χ4v) is 6.21. The first-order chi connectivity index (χ1) is 16.2. The minimum Gasteiger partial charge on any atom is -0.448 e. The molecule has 0 aromatic heterocycles. The first-order valence-electron chi connectivity index (χ1n) is 11.0. The Kier molecular flexibility index (Phi) is 9.30. The van der Waals surface area contributed by atoms with Gasteiger partial charge < -0.3 is 29.7 Å². The van der Waals surface area contributed by atoms with Gasteiger partial charge in [0.2, 0.25) is 0 Å². The van der Waals surface area contributed by atoms with Crippen LogP contribution in [0.5, 0.6) is 0 Å². The zero-order valence-corrected chi connectivity index (χ0v) is 21.2. The Morgan fingerprint density at radius 3 is 2.50 bits per heavy atom. The van der Waals surface area contributed by atoms with Crippen LogP contribution in [0.3, 0.4) is 0 Å². The second-order valence-electron chi connectivity index (χ2n) is 8.59. The predicted molar refractivity (Wildman–Crippen MR) is 133 cm³/mol. The third kappa shape index (κ3) is 5.72. The van der Waals surface area contributed by atoms with Crippen LogP contribution in [-0.4, -0.2) is 81.9 Å². The van der Waals surface area contributed by atoms with Crippen LogP contribution in [0.15, 0.2) is 24.3 Å². The van der Waals surface area contributed by atoms with E-state index in [9.17, 15) is 24.9 Å². The molecule has 0 saturated carbocycles. The molecule has 0 aliphatic carbocycles. The molecule has 9 nitrogen and oxygen atoms in total. The van der Waals surface area contributed by atoms with Gasteiger partial charge in [-0.15, -0.1) is 0 Å². The van der Waals surface area contributed by atoms with Crippen molar-refractivity contribution in [2.45, 2.75) is 56.3 Å². The van der Waals surface area contributed by atoms with Crippen LogP contribution in [-0.2, 0) is 22.7 Å². The largest absolute Gasteiger partial charge is 0.448 e. The summed E-state index contributed by atoms with van der Waals surface area (Å²) in [5, 5.41) is 31.0. The van der Waals surface area contributed by atoms with Crippen molar-refractivity contribution in [1.29, 1.82) is 0 Å². The topological polar surface area (TPSA) is 120 Å². The highest BCUT2D eigenvalue weighted by Gasteiger charge is 2.46. The van der Waals surface area contributed by atoms with E-state index >= 15 is 0 Å². The third-order valence-corrected chi connectivity index (χ3v) is 8.98. The van der Waals surface area contributed by atoms with Crippen molar-refractivity contribution in [3.8, 4) is 0 Å². The monoisotopic (exact) mass is 512 g/mol. The summed E-state index contributed by atoms with van der Waals surface area (Å²) in [6, 6.07) is 2.23. The maximum absolute atomic E-state index is 13.4.